The minimum absolute atomic E-state index is 0.135. The molecule has 2 aromatic heterocycles. The van der Waals surface area contributed by atoms with E-state index in [1.807, 2.05) is 12.3 Å². The molecule has 7 nitrogen and oxygen atoms in total. The number of hydrogen-bond donors (Lipinski definition) is 0. The Labute approximate surface area is 168 Å². The van der Waals surface area contributed by atoms with Gasteiger partial charge in [0.1, 0.15) is 5.82 Å². The number of aryl methyl sites for hydroxylation is 1. The van der Waals surface area contributed by atoms with Crippen LogP contribution < -0.4 is 0 Å². The third kappa shape index (κ3) is 4.02. The van der Waals surface area contributed by atoms with Crippen LogP contribution in [0.15, 0.2) is 48.9 Å². The van der Waals surface area contributed by atoms with Gasteiger partial charge in [-0.1, -0.05) is 11.3 Å². The van der Waals surface area contributed by atoms with E-state index in [0.29, 0.717) is 24.5 Å². The molecule has 1 atom stereocenters. The van der Waals surface area contributed by atoms with Crippen molar-refractivity contribution in [3.8, 4) is 5.69 Å². The number of amides is 1. The van der Waals surface area contributed by atoms with E-state index >= 15 is 0 Å². The fourth-order valence-corrected chi connectivity index (χ4v) is 3.66. The molecule has 150 valence electrons. The average Bonchev–Trinajstić information content (AvgIpc) is 3.23. The van der Waals surface area contributed by atoms with E-state index in [9.17, 15) is 9.18 Å². The summed E-state index contributed by atoms with van der Waals surface area (Å²) in [5, 5.41) is 8.09. The lowest BCUT2D eigenvalue weighted by molar-refractivity contribution is 0.0576. The Balaban J connectivity index is 1.41. The molecule has 1 saturated heterocycles. The molecular weight excluding hydrogens is 371 g/mol. The molecule has 4 rings (SSSR count). The second-order valence-corrected chi connectivity index (χ2v) is 7.27. The zero-order valence-electron chi connectivity index (χ0n) is 16.5. The summed E-state index contributed by atoms with van der Waals surface area (Å²) in [5.41, 5.74) is 2.90. The topological polar surface area (TPSA) is 67.2 Å². The molecule has 1 aliphatic rings. The number of carbonyl (C=O) groups is 1. The maximum absolute atomic E-state index is 13.3. The van der Waals surface area contributed by atoms with E-state index in [2.05, 4.69) is 33.2 Å². The van der Waals surface area contributed by atoms with E-state index in [0.717, 1.165) is 18.7 Å². The number of nitrogens with zero attached hydrogens (tertiary/aromatic N) is 6. The smallest absolute Gasteiger partial charge is 0.276 e. The third-order valence-electron chi connectivity index (χ3n) is 5.43. The molecule has 1 unspecified atom stereocenters. The largest absolute Gasteiger partial charge is 0.335 e. The molecular formula is C21H23FN6O. The lowest BCUT2D eigenvalue weighted by Gasteiger charge is -2.37. The monoisotopic (exact) mass is 394 g/mol. The van der Waals surface area contributed by atoms with Gasteiger partial charge in [-0.15, -0.1) is 5.10 Å². The van der Waals surface area contributed by atoms with Gasteiger partial charge in [0.25, 0.3) is 5.91 Å². The number of carbonyl (C=O) groups excluding carboxylic acids is 1. The normalized spacial score (nSPS) is 16.0. The molecule has 8 heteroatoms. The number of hydrogen-bond acceptors (Lipinski definition) is 5. The van der Waals surface area contributed by atoms with Crippen molar-refractivity contribution in [3.63, 3.8) is 0 Å². The van der Waals surface area contributed by atoms with Gasteiger partial charge in [0.05, 0.1) is 11.9 Å². The number of pyridine rings is 1. The first kappa shape index (κ1) is 19.2. The van der Waals surface area contributed by atoms with Gasteiger partial charge in [0.15, 0.2) is 5.69 Å². The zero-order valence-corrected chi connectivity index (χ0v) is 16.5. The standard InChI is InChI=1S/C21H23FN6O/c1-15-12-18(22)5-6-20(15)28-14-19(24-25-28)21(29)27-10-8-26(9-11-27)16(2)17-4-3-7-23-13-17/h3-7,12-14,16H,8-11H2,1-2H3. The Morgan fingerprint density at radius 3 is 2.66 bits per heavy atom. The summed E-state index contributed by atoms with van der Waals surface area (Å²) in [6.45, 7) is 6.78. The Morgan fingerprint density at radius 2 is 1.97 bits per heavy atom. The van der Waals surface area contributed by atoms with Gasteiger partial charge < -0.3 is 4.90 Å². The predicted octanol–water partition coefficient (Wildman–Crippen LogP) is 2.63. The molecule has 1 fully saturated rings. The summed E-state index contributed by atoms with van der Waals surface area (Å²) in [4.78, 5) is 21.2. The number of piperazine rings is 1. The van der Waals surface area contributed by atoms with Crippen LogP contribution >= 0.6 is 0 Å². The van der Waals surface area contributed by atoms with Crippen molar-refractivity contribution in [2.45, 2.75) is 19.9 Å². The van der Waals surface area contributed by atoms with Crippen LogP contribution in [0.3, 0.4) is 0 Å². The van der Waals surface area contributed by atoms with E-state index in [1.165, 1.54) is 22.4 Å². The van der Waals surface area contributed by atoms with Crippen LogP contribution in [0.1, 0.15) is 34.6 Å². The molecule has 29 heavy (non-hydrogen) atoms. The minimum atomic E-state index is -0.305. The fraction of sp³-hybridized carbons (Fsp3) is 0.333. The molecule has 0 N–H and O–H groups in total. The van der Waals surface area contributed by atoms with Crippen LogP contribution in [0.2, 0.25) is 0 Å². The SMILES string of the molecule is Cc1cc(F)ccc1-n1cc(C(=O)N2CCN(C(C)c3cccnc3)CC2)nn1. The van der Waals surface area contributed by atoms with Gasteiger partial charge >= 0.3 is 0 Å². The van der Waals surface area contributed by atoms with Gasteiger partial charge in [-0.25, -0.2) is 9.07 Å². The molecule has 3 aromatic rings. The summed E-state index contributed by atoms with van der Waals surface area (Å²) in [6.07, 6.45) is 5.26. The van der Waals surface area contributed by atoms with Crippen molar-refractivity contribution in [3.05, 3.63) is 71.6 Å². The average molecular weight is 394 g/mol. The van der Waals surface area contributed by atoms with Gasteiger partial charge in [-0.2, -0.15) is 0 Å². The zero-order chi connectivity index (χ0) is 20.4. The van der Waals surface area contributed by atoms with Crippen LogP contribution in [0.4, 0.5) is 4.39 Å². The van der Waals surface area contributed by atoms with E-state index in [-0.39, 0.29) is 17.8 Å². The highest BCUT2D eigenvalue weighted by Crippen LogP contribution is 2.21. The molecule has 0 saturated carbocycles. The Morgan fingerprint density at radius 1 is 1.17 bits per heavy atom. The lowest BCUT2D eigenvalue weighted by atomic mass is 10.1. The Bertz CT molecular complexity index is 997. The van der Waals surface area contributed by atoms with Crippen molar-refractivity contribution >= 4 is 5.91 Å². The molecule has 0 aliphatic carbocycles. The fourth-order valence-electron chi connectivity index (χ4n) is 3.66. The summed E-state index contributed by atoms with van der Waals surface area (Å²) < 4.78 is 14.8. The molecule has 0 radical (unpaired) electrons. The van der Waals surface area contributed by atoms with Gasteiger partial charge in [0.2, 0.25) is 0 Å². The van der Waals surface area contributed by atoms with Gasteiger partial charge in [-0.05, 0) is 49.2 Å². The first-order valence-electron chi connectivity index (χ1n) is 9.65. The highest BCUT2D eigenvalue weighted by molar-refractivity contribution is 5.92. The molecule has 1 amide bonds. The number of benzene rings is 1. The number of halogens is 1. The number of rotatable bonds is 4. The van der Waals surface area contributed by atoms with Crippen molar-refractivity contribution < 1.29 is 9.18 Å². The summed E-state index contributed by atoms with van der Waals surface area (Å²) >= 11 is 0. The lowest BCUT2D eigenvalue weighted by Crippen LogP contribution is -2.49. The second-order valence-electron chi connectivity index (χ2n) is 7.27. The highest BCUT2D eigenvalue weighted by atomic mass is 19.1. The summed E-state index contributed by atoms with van der Waals surface area (Å²) in [6, 6.07) is 8.70. The maximum Gasteiger partial charge on any atom is 0.276 e. The molecule has 3 heterocycles. The van der Waals surface area contributed by atoms with E-state index in [1.54, 1.807) is 30.3 Å². The van der Waals surface area contributed by atoms with Crippen LogP contribution in [-0.2, 0) is 0 Å². The summed E-state index contributed by atoms with van der Waals surface area (Å²) in [5.74, 6) is -0.439. The first-order valence-corrected chi connectivity index (χ1v) is 9.65. The van der Waals surface area contributed by atoms with Gasteiger partial charge in [0, 0.05) is 44.6 Å². The quantitative estimate of drug-likeness (QED) is 0.681. The van der Waals surface area contributed by atoms with Gasteiger partial charge in [-0.3, -0.25) is 14.7 Å². The second kappa shape index (κ2) is 8.08. The minimum Gasteiger partial charge on any atom is -0.335 e. The first-order chi connectivity index (χ1) is 14.0. The van der Waals surface area contributed by atoms with Crippen molar-refractivity contribution in [1.29, 1.82) is 0 Å². The summed E-state index contributed by atoms with van der Waals surface area (Å²) in [7, 11) is 0. The molecule has 1 aliphatic heterocycles. The van der Waals surface area contributed by atoms with E-state index < -0.39 is 0 Å². The Kier molecular flexibility index (Phi) is 5.35. The molecule has 0 spiro atoms. The maximum atomic E-state index is 13.3. The van der Waals surface area contributed by atoms with Crippen molar-refractivity contribution in [1.82, 2.24) is 29.8 Å². The predicted molar refractivity (Wildman–Crippen MR) is 106 cm³/mol. The third-order valence-corrected chi connectivity index (χ3v) is 5.43. The van der Waals surface area contributed by atoms with Crippen LogP contribution in [0.25, 0.3) is 5.69 Å². The molecule has 0 bridgehead atoms. The van der Waals surface area contributed by atoms with Crippen LogP contribution in [0.5, 0.6) is 0 Å². The molecule has 1 aromatic carbocycles. The number of aromatic nitrogens is 4. The Hall–Kier alpha value is -3.13. The highest BCUT2D eigenvalue weighted by Gasteiger charge is 2.27. The van der Waals surface area contributed by atoms with Crippen LogP contribution in [-0.4, -0.2) is 61.9 Å². The van der Waals surface area contributed by atoms with E-state index in [4.69, 9.17) is 0 Å². The van der Waals surface area contributed by atoms with Crippen LogP contribution in [0, 0.1) is 12.7 Å². The van der Waals surface area contributed by atoms with Crippen molar-refractivity contribution in [2.24, 2.45) is 0 Å². The van der Waals surface area contributed by atoms with Crippen molar-refractivity contribution in [2.75, 3.05) is 26.2 Å².